The fourth-order valence-corrected chi connectivity index (χ4v) is 1.73. The van der Waals surface area contributed by atoms with Crippen molar-refractivity contribution < 1.29 is 0 Å². The lowest BCUT2D eigenvalue weighted by atomic mass is 9.96. The fraction of sp³-hybridized carbons (Fsp3) is 0.667. The van der Waals surface area contributed by atoms with Gasteiger partial charge in [0, 0.05) is 5.92 Å². The molecule has 1 aliphatic heterocycles. The van der Waals surface area contributed by atoms with Gasteiger partial charge in [-0.25, -0.2) is 15.0 Å². The van der Waals surface area contributed by atoms with Crippen LogP contribution in [0.15, 0.2) is 12.7 Å². The molecule has 1 fully saturated rings. The first-order valence-corrected chi connectivity index (χ1v) is 4.66. The molecule has 1 aliphatic rings. The van der Waals surface area contributed by atoms with Crippen LogP contribution in [-0.4, -0.2) is 40.0 Å². The quantitative estimate of drug-likeness (QED) is 0.634. The van der Waals surface area contributed by atoms with E-state index < -0.39 is 0 Å². The topological polar surface area (TPSA) is 41.9 Å². The summed E-state index contributed by atoms with van der Waals surface area (Å²) in [6.45, 7) is 2.30. The molecule has 0 aromatic carbocycles. The Morgan fingerprint density at radius 1 is 1.23 bits per heavy atom. The summed E-state index contributed by atoms with van der Waals surface area (Å²) in [5.74, 6) is 1.50. The minimum atomic E-state index is 0.541. The molecule has 0 spiro atoms. The van der Waals surface area contributed by atoms with Gasteiger partial charge in [0.15, 0.2) is 0 Å². The van der Waals surface area contributed by atoms with Gasteiger partial charge < -0.3 is 4.90 Å². The molecule has 0 atom stereocenters. The van der Waals surface area contributed by atoms with Gasteiger partial charge in [-0.1, -0.05) is 0 Å². The molecule has 0 amide bonds. The van der Waals surface area contributed by atoms with E-state index in [1.807, 2.05) is 0 Å². The van der Waals surface area contributed by atoms with Gasteiger partial charge in [0.1, 0.15) is 18.5 Å². The molecular formula is C9H14N4. The highest BCUT2D eigenvalue weighted by Crippen LogP contribution is 2.23. The number of likely N-dealkylation sites (tertiary alicyclic amines) is 1. The maximum Gasteiger partial charge on any atom is 0.135 e. The number of piperidine rings is 1. The summed E-state index contributed by atoms with van der Waals surface area (Å²) >= 11 is 0. The highest BCUT2D eigenvalue weighted by atomic mass is 15.1. The van der Waals surface area contributed by atoms with Crippen molar-refractivity contribution >= 4 is 0 Å². The number of hydrogen-bond donors (Lipinski definition) is 0. The summed E-state index contributed by atoms with van der Waals surface area (Å²) in [6, 6.07) is 0. The minimum Gasteiger partial charge on any atom is -0.306 e. The van der Waals surface area contributed by atoms with E-state index >= 15 is 0 Å². The average molecular weight is 178 g/mol. The van der Waals surface area contributed by atoms with Crippen molar-refractivity contribution in [3.8, 4) is 0 Å². The van der Waals surface area contributed by atoms with Crippen molar-refractivity contribution in [1.82, 2.24) is 19.9 Å². The molecule has 2 rings (SSSR count). The molecule has 13 heavy (non-hydrogen) atoms. The van der Waals surface area contributed by atoms with Gasteiger partial charge in [0.2, 0.25) is 0 Å². The lowest BCUT2D eigenvalue weighted by Gasteiger charge is -2.27. The molecule has 70 valence electrons. The molecule has 4 heteroatoms. The number of hydrogen-bond acceptors (Lipinski definition) is 4. The van der Waals surface area contributed by atoms with Crippen molar-refractivity contribution in [2.24, 2.45) is 0 Å². The number of nitrogens with zero attached hydrogens (tertiary/aromatic N) is 4. The van der Waals surface area contributed by atoms with Crippen LogP contribution in [0.4, 0.5) is 0 Å². The molecule has 0 aliphatic carbocycles. The molecule has 0 N–H and O–H groups in total. The smallest absolute Gasteiger partial charge is 0.135 e. The molecule has 1 aromatic heterocycles. The average Bonchev–Trinajstić information content (AvgIpc) is 2.20. The second-order valence-electron chi connectivity index (χ2n) is 3.57. The van der Waals surface area contributed by atoms with Crippen LogP contribution < -0.4 is 0 Å². The Hall–Kier alpha value is -1.03. The Kier molecular flexibility index (Phi) is 2.49. The Balaban J connectivity index is 2.03. The van der Waals surface area contributed by atoms with E-state index in [1.54, 1.807) is 12.7 Å². The van der Waals surface area contributed by atoms with E-state index in [9.17, 15) is 0 Å². The van der Waals surface area contributed by atoms with Crippen LogP contribution in [0.25, 0.3) is 0 Å². The van der Waals surface area contributed by atoms with E-state index in [-0.39, 0.29) is 0 Å². The van der Waals surface area contributed by atoms with Crippen molar-refractivity contribution in [1.29, 1.82) is 0 Å². The van der Waals surface area contributed by atoms with Gasteiger partial charge in [0.05, 0.1) is 0 Å². The van der Waals surface area contributed by atoms with Crippen LogP contribution in [-0.2, 0) is 0 Å². The maximum atomic E-state index is 4.19. The molecule has 0 bridgehead atoms. The third-order valence-electron chi connectivity index (χ3n) is 2.60. The Bertz CT molecular complexity index is 254. The van der Waals surface area contributed by atoms with Gasteiger partial charge in [-0.3, -0.25) is 0 Å². The van der Waals surface area contributed by atoms with E-state index in [0.29, 0.717) is 5.92 Å². The van der Waals surface area contributed by atoms with E-state index in [1.165, 1.54) is 12.8 Å². The zero-order valence-corrected chi connectivity index (χ0v) is 7.85. The number of aromatic nitrogens is 3. The highest BCUT2D eigenvalue weighted by molar-refractivity contribution is 4.95. The molecule has 0 unspecified atom stereocenters. The van der Waals surface area contributed by atoms with Crippen molar-refractivity contribution in [3.05, 3.63) is 18.5 Å². The van der Waals surface area contributed by atoms with Crippen LogP contribution in [0.3, 0.4) is 0 Å². The second kappa shape index (κ2) is 3.79. The van der Waals surface area contributed by atoms with Crippen LogP contribution in [0.2, 0.25) is 0 Å². The largest absolute Gasteiger partial charge is 0.306 e. The normalized spacial score (nSPS) is 20.4. The van der Waals surface area contributed by atoms with Crippen molar-refractivity contribution in [2.45, 2.75) is 18.8 Å². The second-order valence-corrected chi connectivity index (χ2v) is 3.57. The molecule has 4 nitrogen and oxygen atoms in total. The van der Waals surface area contributed by atoms with Crippen LogP contribution in [0.1, 0.15) is 24.6 Å². The molecular weight excluding hydrogens is 164 g/mol. The SMILES string of the molecule is CN1CCC(c2ncncn2)CC1. The van der Waals surface area contributed by atoms with Crippen LogP contribution in [0.5, 0.6) is 0 Å². The van der Waals surface area contributed by atoms with Gasteiger partial charge in [-0.15, -0.1) is 0 Å². The van der Waals surface area contributed by atoms with Gasteiger partial charge in [-0.2, -0.15) is 0 Å². The standard InChI is InChI=1S/C9H14N4/c1-13-4-2-8(3-5-13)9-11-6-10-7-12-9/h6-8H,2-5H2,1H3. The maximum absolute atomic E-state index is 4.19. The summed E-state index contributed by atoms with van der Waals surface area (Å²) in [5.41, 5.74) is 0. The fourth-order valence-electron chi connectivity index (χ4n) is 1.73. The summed E-state index contributed by atoms with van der Waals surface area (Å²) in [5, 5.41) is 0. The molecule has 2 heterocycles. The van der Waals surface area contributed by atoms with E-state index in [0.717, 1.165) is 18.9 Å². The first-order chi connectivity index (χ1) is 6.36. The predicted octanol–water partition coefficient (Wildman–Crippen LogP) is 0.681. The monoisotopic (exact) mass is 178 g/mol. The molecule has 0 saturated carbocycles. The van der Waals surface area contributed by atoms with Gasteiger partial charge in [-0.05, 0) is 33.0 Å². The molecule has 0 radical (unpaired) electrons. The van der Waals surface area contributed by atoms with E-state index in [2.05, 4.69) is 26.9 Å². The summed E-state index contributed by atoms with van der Waals surface area (Å²) in [6.07, 6.45) is 5.50. The van der Waals surface area contributed by atoms with Crippen LogP contribution in [0, 0.1) is 0 Å². The first kappa shape index (κ1) is 8.56. The van der Waals surface area contributed by atoms with Gasteiger partial charge in [0.25, 0.3) is 0 Å². The van der Waals surface area contributed by atoms with Crippen molar-refractivity contribution in [2.75, 3.05) is 20.1 Å². The van der Waals surface area contributed by atoms with Gasteiger partial charge >= 0.3 is 0 Å². The third-order valence-corrected chi connectivity index (χ3v) is 2.60. The molecule has 1 aromatic rings. The lowest BCUT2D eigenvalue weighted by Crippen LogP contribution is -2.29. The third kappa shape index (κ3) is 2.01. The Morgan fingerprint density at radius 2 is 1.85 bits per heavy atom. The van der Waals surface area contributed by atoms with Crippen LogP contribution >= 0.6 is 0 Å². The molecule has 1 saturated heterocycles. The lowest BCUT2D eigenvalue weighted by molar-refractivity contribution is 0.251. The first-order valence-electron chi connectivity index (χ1n) is 4.66. The minimum absolute atomic E-state index is 0.541. The van der Waals surface area contributed by atoms with E-state index in [4.69, 9.17) is 0 Å². The summed E-state index contributed by atoms with van der Waals surface area (Å²) < 4.78 is 0. The Labute approximate surface area is 78.0 Å². The number of rotatable bonds is 1. The highest BCUT2D eigenvalue weighted by Gasteiger charge is 2.19. The zero-order valence-electron chi connectivity index (χ0n) is 7.85. The van der Waals surface area contributed by atoms with Crippen molar-refractivity contribution in [3.63, 3.8) is 0 Å². The summed E-state index contributed by atoms with van der Waals surface area (Å²) in [7, 11) is 2.16. The Morgan fingerprint density at radius 3 is 2.46 bits per heavy atom. The zero-order chi connectivity index (χ0) is 9.10. The predicted molar refractivity (Wildman–Crippen MR) is 49.3 cm³/mol. The summed E-state index contributed by atoms with van der Waals surface area (Å²) in [4.78, 5) is 14.5.